The average molecular weight is 441 g/mol. The Labute approximate surface area is 191 Å². The lowest BCUT2D eigenvalue weighted by Gasteiger charge is -2.23. The van der Waals surface area contributed by atoms with Gasteiger partial charge in [0.1, 0.15) is 10.8 Å². The summed E-state index contributed by atoms with van der Waals surface area (Å²) >= 11 is 1.70. The Morgan fingerprint density at radius 1 is 0.875 bits per heavy atom. The second kappa shape index (κ2) is 9.32. The Hall–Kier alpha value is -3.51. The predicted octanol–water partition coefficient (Wildman–Crippen LogP) is 5.87. The summed E-state index contributed by atoms with van der Waals surface area (Å²) in [7, 11) is 0. The molecule has 0 spiro atoms. The van der Waals surface area contributed by atoms with Gasteiger partial charge >= 0.3 is 0 Å². The summed E-state index contributed by atoms with van der Waals surface area (Å²) in [5.41, 5.74) is 4.00. The summed E-state index contributed by atoms with van der Waals surface area (Å²) in [5.74, 6) is 0.683. The third-order valence-electron chi connectivity index (χ3n) is 5.70. The molecule has 1 unspecified atom stereocenters. The van der Waals surface area contributed by atoms with Gasteiger partial charge in [0.15, 0.2) is 0 Å². The highest BCUT2D eigenvalue weighted by Gasteiger charge is 2.29. The van der Waals surface area contributed by atoms with Crippen molar-refractivity contribution in [2.24, 2.45) is 0 Å². The molecule has 1 aromatic carbocycles. The molecule has 3 aromatic heterocycles. The fourth-order valence-electron chi connectivity index (χ4n) is 4.19. The van der Waals surface area contributed by atoms with E-state index in [2.05, 4.69) is 20.6 Å². The van der Waals surface area contributed by atoms with Gasteiger partial charge < -0.3 is 10.6 Å². The number of hydrogen-bond donors (Lipinski definition) is 2. The molecule has 1 atom stereocenters. The third kappa shape index (κ3) is 4.27. The van der Waals surface area contributed by atoms with Crippen molar-refractivity contribution in [3.05, 3.63) is 106 Å². The Morgan fingerprint density at radius 3 is 2.38 bits per heavy atom. The number of aromatic nitrogens is 2. The van der Waals surface area contributed by atoms with Gasteiger partial charge in [-0.2, -0.15) is 0 Å². The highest BCUT2D eigenvalue weighted by molar-refractivity contribution is 7.16. The molecule has 160 valence electrons. The van der Waals surface area contributed by atoms with Crippen molar-refractivity contribution in [3.63, 3.8) is 0 Å². The monoisotopic (exact) mass is 440 g/mol. The summed E-state index contributed by atoms with van der Waals surface area (Å²) in [6, 6.07) is 20.9. The first-order valence-corrected chi connectivity index (χ1v) is 11.7. The molecule has 0 saturated heterocycles. The minimum Gasteiger partial charge on any atom is -0.357 e. The number of nitrogens with zero attached hydrogens (tertiary/aromatic N) is 2. The van der Waals surface area contributed by atoms with Crippen molar-refractivity contribution < 1.29 is 4.79 Å². The molecule has 1 amide bonds. The number of rotatable bonds is 6. The van der Waals surface area contributed by atoms with Gasteiger partial charge in [-0.05, 0) is 67.6 Å². The smallest absolute Gasteiger partial charge is 0.256 e. The fourth-order valence-corrected chi connectivity index (χ4v) is 5.51. The fraction of sp³-hybridized carbons (Fsp3) is 0.192. The van der Waals surface area contributed by atoms with Crippen LogP contribution >= 0.6 is 11.3 Å². The number of carbonyl (C=O) groups excluding carboxylic acids is 1. The number of amides is 1. The van der Waals surface area contributed by atoms with E-state index < -0.39 is 0 Å². The van der Waals surface area contributed by atoms with Crippen LogP contribution in [0.15, 0.2) is 79.1 Å². The Kier molecular flexibility index (Phi) is 5.94. The molecule has 0 bridgehead atoms. The maximum Gasteiger partial charge on any atom is 0.256 e. The van der Waals surface area contributed by atoms with E-state index >= 15 is 0 Å². The first kappa shape index (κ1) is 20.4. The van der Waals surface area contributed by atoms with Crippen LogP contribution in [0.2, 0.25) is 0 Å². The Bertz CT molecular complexity index is 1190. The van der Waals surface area contributed by atoms with Gasteiger partial charge in [0.2, 0.25) is 0 Å². The molecule has 6 heteroatoms. The number of carbonyl (C=O) groups is 1. The molecule has 0 radical (unpaired) electrons. The first-order chi connectivity index (χ1) is 15.8. The van der Waals surface area contributed by atoms with Crippen LogP contribution in [0.1, 0.15) is 50.9 Å². The maximum absolute atomic E-state index is 13.0. The van der Waals surface area contributed by atoms with E-state index in [9.17, 15) is 4.79 Å². The van der Waals surface area contributed by atoms with Crippen molar-refractivity contribution in [1.29, 1.82) is 0 Å². The standard InChI is InChI=1S/C26H24N4OS/c31-25(18-10-2-1-3-11-18)30-26-23(19-12-4-5-14-21(19)32-26)24(20-13-6-8-16-27-20)29-22-15-7-9-17-28-22/h1-3,6-11,13,15-17,24H,4-5,12,14H2,(H,28,29)(H,30,31). The summed E-state index contributed by atoms with van der Waals surface area (Å²) < 4.78 is 0. The minimum absolute atomic E-state index is 0.0944. The van der Waals surface area contributed by atoms with Crippen molar-refractivity contribution in [2.75, 3.05) is 10.6 Å². The zero-order chi connectivity index (χ0) is 21.8. The van der Waals surface area contributed by atoms with E-state index in [-0.39, 0.29) is 11.9 Å². The van der Waals surface area contributed by atoms with Crippen LogP contribution in [0.25, 0.3) is 0 Å². The van der Waals surface area contributed by atoms with Gasteiger partial charge in [0.05, 0.1) is 11.7 Å². The van der Waals surface area contributed by atoms with Gasteiger partial charge in [-0.3, -0.25) is 9.78 Å². The van der Waals surface area contributed by atoms with Crippen LogP contribution in [-0.2, 0) is 12.8 Å². The molecule has 5 nitrogen and oxygen atoms in total. The number of pyridine rings is 2. The summed E-state index contributed by atoms with van der Waals surface area (Å²) in [5, 5.41) is 7.69. The largest absolute Gasteiger partial charge is 0.357 e. The highest BCUT2D eigenvalue weighted by Crippen LogP contribution is 2.44. The third-order valence-corrected chi connectivity index (χ3v) is 6.93. The lowest BCUT2D eigenvalue weighted by atomic mass is 9.91. The van der Waals surface area contributed by atoms with Gasteiger partial charge in [-0.15, -0.1) is 11.3 Å². The molecule has 0 fully saturated rings. The number of thiophene rings is 1. The molecule has 5 rings (SSSR count). The second-order valence-electron chi connectivity index (χ2n) is 7.82. The molecule has 0 saturated carbocycles. The zero-order valence-electron chi connectivity index (χ0n) is 17.6. The van der Waals surface area contributed by atoms with Gasteiger partial charge in [0, 0.05) is 28.4 Å². The molecule has 3 heterocycles. The molecular weight excluding hydrogens is 416 g/mol. The Balaban J connectivity index is 1.59. The van der Waals surface area contributed by atoms with E-state index in [0.29, 0.717) is 5.56 Å². The van der Waals surface area contributed by atoms with E-state index in [0.717, 1.165) is 41.3 Å². The second-order valence-corrected chi connectivity index (χ2v) is 8.93. The van der Waals surface area contributed by atoms with Gasteiger partial charge in [-0.25, -0.2) is 4.98 Å². The summed E-state index contributed by atoms with van der Waals surface area (Å²) in [6.45, 7) is 0. The predicted molar refractivity (Wildman–Crippen MR) is 129 cm³/mol. The quantitative estimate of drug-likeness (QED) is 0.393. The zero-order valence-corrected chi connectivity index (χ0v) is 18.4. The van der Waals surface area contributed by atoms with Crippen LogP contribution in [0, 0.1) is 0 Å². The number of fused-ring (bicyclic) bond motifs is 1. The molecular formula is C26H24N4OS. The first-order valence-electron chi connectivity index (χ1n) is 10.9. The van der Waals surface area contributed by atoms with Gasteiger partial charge in [-0.1, -0.05) is 30.3 Å². The van der Waals surface area contributed by atoms with Crippen molar-refractivity contribution in [2.45, 2.75) is 31.7 Å². The van der Waals surface area contributed by atoms with Crippen molar-refractivity contribution >= 4 is 28.1 Å². The van der Waals surface area contributed by atoms with E-state index in [1.807, 2.05) is 72.9 Å². The SMILES string of the molecule is O=C(Nc1sc2c(c1C(Nc1ccccn1)c1ccccn1)CCCC2)c1ccccc1. The van der Waals surface area contributed by atoms with Crippen molar-refractivity contribution in [1.82, 2.24) is 9.97 Å². The lowest BCUT2D eigenvalue weighted by molar-refractivity contribution is 0.102. The summed E-state index contributed by atoms with van der Waals surface area (Å²) in [4.78, 5) is 23.5. The number of hydrogen-bond acceptors (Lipinski definition) is 5. The lowest BCUT2D eigenvalue weighted by Crippen LogP contribution is -2.19. The van der Waals surface area contributed by atoms with Crippen LogP contribution in [0.4, 0.5) is 10.8 Å². The number of benzene rings is 1. The minimum atomic E-state index is -0.213. The topological polar surface area (TPSA) is 66.9 Å². The maximum atomic E-state index is 13.0. The van der Waals surface area contributed by atoms with Crippen LogP contribution in [-0.4, -0.2) is 15.9 Å². The van der Waals surface area contributed by atoms with E-state index in [1.54, 1.807) is 17.5 Å². The normalized spacial score (nSPS) is 13.8. The van der Waals surface area contributed by atoms with E-state index in [4.69, 9.17) is 0 Å². The molecule has 4 aromatic rings. The summed E-state index contributed by atoms with van der Waals surface area (Å²) in [6.07, 6.45) is 7.98. The molecule has 1 aliphatic carbocycles. The molecule has 2 N–H and O–H groups in total. The highest BCUT2D eigenvalue weighted by atomic mass is 32.1. The number of aryl methyl sites for hydroxylation is 1. The van der Waals surface area contributed by atoms with E-state index in [1.165, 1.54) is 16.9 Å². The van der Waals surface area contributed by atoms with Crippen LogP contribution in [0.3, 0.4) is 0 Å². The molecule has 32 heavy (non-hydrogen) atoms. The van der Waals surface area contributed by atoms with Crippen LogP contribution in [0.5, 0.6) is 0 Å². The van der Waals surface area contributed by atoms with Crippen molar-refractivity contribution in [3.8, 4) is 0 Å². The molecule has 1 aliphatic rings. The Morgan fingerprint density at radius 2 is 1.62 bits per heavy atom. The molecule has 0 aliphatic heterocycles. The number of anilines is 2. The van der Waals surface area contributed by atoms with Gasteiger partial charge in [0.25, 0.3) is 5.91 Å². The van der Waals surface area contributed by atoms with Crippen LogP contribution < -0.4 is 10.6 Å². The average Bonchev–Trinajstić information content (AvgIpc) is 3.22. The number of nitrogens with one attached hydrogen (secondary N) is 2.